The molecule has 0 bridgehead atoms. The summed E-state index contributed by atoms with van der Waals surface area (Å²) in [6.07, 6.45) is 2.77. The van der Waals surface area contributed by atoms with Crippen molar-refractivity contribution >= 4 is 11.8 Å². The Morgan fingerprint density at radius 2 is 2.27 bits per heavy atom. The van der Waals surface area contributed by atoms with E-state index < -0.39 is 17.5 Å². The van der Waals surface area contributed by atoms with Crippen LogP contribution in [0, 0.1) is 5.92 Å². The Hall–Kier alpha value is -0.900. The fraction of sp³-hybridized carbons (Fsp3) is 0.818. The number of esters is 1. The van der Waals surface area contributed by atoms with Crippen LogP contribution in [0.15, 0.2) is 0 Å². The number of hydrogen-bond donors (Lipinski definition) is 1. The van der Waals surface area contributed by atoms with Gasteiger partial charge in [0.1, 0.15) is 5.78 Å². The van der Waals surface area contributed by atoms with Gasteiger partial charge in [0.25, 0.3) is 0 Å². The first-order chi connectivity index (χ1) is 7.00. The summed E-state index contributed by atoms with van der Waals surface area (Å²) < 4.78 is 4.77. The molecule has 2 atom stereocenters. The minimum absolute atomic E-state index is 0.0284. The van der Waals surface area contributed by atoms with Gasteiger partial charge in [-0.1, -0.05) is 6.42 Å². The van der Waals surface area contributed by atoms with Gasteiger partial charge in [-0.2, -0.15) is 0 Å². The Morgan fingerprint density at radius 3 is 2.80 bits per heavy atom. The number of ketones is 1. The number of carbonyl (C=O) groups is 2. The maximum atomic E-state index is 11.6. The van der Waals surface area contributed by atoms with Crippen molar-refractivity contribution in [2.75, 3.05) is 6.61 Å². The fourth-order valence-corrected chi connectivity index (χ4v) is 2.00. The zero-order valence-corrected chi connectivity index (χ0v) is 9.28. The van der Waals surface area contributed by atoms with Gasteiger partial charge in [-0.05, 0) is 26.7 Å². The van der Waals surface area contributed by atoms with Gasteiger partial charge in [0.2, 0.25) is 0 Å². The van der Waals surface area contributed by atoms with Crippen molar-refractivity contribution in [3.8, 4) is 0 Å². The third-order valence-corrected chi connectivity index (χ3v) is 2.92. The first kappa shape index (κ1) is 12.2. The Bertz CT molecular complexity index is 257. The van der Waals surface area contributed by atoms with Gasteiger partial charge in [0, 0.05) is 6.42 Å². The summed E-state index contributed by atoms with van der Waals surface area (Å²) >= 11 is 0. The molecule has 1 aliphatic carbocycles. The third kappa shape index (κ3) is 2.56. The molecule has 0 spiro atoms. The van der Waals surface area contributed by atoms with Crippen LogP contribution in [-0.4, -0.2) is 29.1 Å². The van der Waals surface area contributed by atoms with Crippen molar-refractivity contribution in [2.45, 2.75) is 45.1 Å². The smallest absolute Gasteiger partial charge is 0.338 e. The second-order valence-electron chi connectivity index (χ2n) is 4.13. The van der Waals surface area contributed by atoms with E-state index in [2.05, 4.69) is 0 Å². The molecule has 0 amide bonds. The van der Waals surface area contributed by atoms with Crippen LogP contribution in [0.25, 0.3) is 0 Å². The van der Waals surface area contributed by atoms with Crippen molar-refractivity contribution in [1.29, 1.82) is 0 Å². The second kappa shape index (κ2) is 4.75. The van der Waals surface area contributed by atoms with Crippen molar-refractivity contribution < 1.29 is 19.4 Å². The van der Waals surface area contributed by atoms with E-state index in [9.17, 15) is 14.7 Å². The van der Waals surface area contributed by atoms with Crippen LogP contribution < -0.4 is 0 Å². The van der Waals surface area contributed by atoms with E-state index in [1.54, 1.807) is 6.92 Å². The van der Waals surface area contributed by atoms with E-state index in [4.69, 9.17) is 4.74 Å². The molecule has 0 saturated heterocycles. The molecule has 0 aliphatic heterocycles. The zero-order valence-electron chi connectivity index (χ0n) is 9.28. The highest BCUT2D eigenvalue weighted by atomic mass is 16.5. The summed E-state index contributed by atoms with van der Waals surface area (Å²) in [5, 5.41) is 10.0. The van der Waals surface area contributed by atoms with Crippen LogP contribution in [0.2, 0.25) is 0 Å². The maximum Gasteiger partial charge on any atom is 0.338 e. The molecule has 0 aromatic carbocycles. The van der Waals surface area contributed by atoms with E-state index in [1.807, 2.05) is 0 Å². The first-order valence-electron chi connectivity index (χ1n) is 5.42. The van der Waals surface area contributed by atoms with E-state index in [-0.39, 0.29) is 12.4 Å². The van der Waals surface area contributed by atoms with Gasteiger partial charge >= 0.3 is 5.97 Å². The molecule has 0 aromatic heterocycles. The predicted molar refractivity (Wildman–Crippen MR) is 54.2 cm³/mol. The molecule has 1 N–H and O–H groups in total. The number of aliphatic hydroxyl groups is 1. The average Bonchev–Trinajstić information content (AvgIpc) is 2.18. The molecule has 1 fully saturated rings. The van der Waals surface area contributed by atoms with Crippen LogP contribution in [0.4, 0.5) is 0 Å². The minimum atomic E-state index is -1.66. The van der Waals surface area contributed by atoms with E-state index in [0.29, 0.717) is 12.8 Å². The SMILES string of the molecule is CCOC(=O)C(C)(O)C1CCCCC1=O. The van der Waals surface area contributed by atoms with Gasteiger partial charge < -0.3 is 9.84 Å². The molecular weight excluding hydrogens is 196 g/mol. The second-order valence-corrected chi connectivity index (χ2v) is 4.13. The Morgan fingerprint density at radius 1 is 1.60 bits per heavy atom. The molecule has 0 radical (unpaired) electrons. The van der Waals surface area contributed by atoms with Crippen molar-refractivity contribution in [1.82, 2.24) is 0 Å². The molecule has 2 unspecified atom stereocenters. The van der Waals surface area contributed by atoms with Crippen LogP contribution >= 0.6 is 0 Å². The van der Waals surface area contributed by atoms with Gasteiger partial charge in [-0.25, -0.2) is 4.79 Å². The number of Topliss-reactive ketones (excluding diaryl/α,β-unsaturated/α-hetero) is 1. The summed E-state index contributed by atoms with van der Waals surface area (Å²) in [7, 11) is 0. The highest BCUT2D eigenvalue weighted by Gasteiger charge is 2.45. The topological polar surface area (TPSA) is 63.6 Å². The predicted octanol–water partition coefficient (Wildman–Crippen LogP) is 1.06. The highest BCUT2D eigenvalue weighted by Crippen LogP contribution is 2.30. The van der Waals surface area contributed by atoms with Gasteiger partial charge in [0.05, 0.1) is 12.5 Å². The summed E-state index contributed by atoms with van der Waals surface area (Å²) in [6, 6.07) is 0. The van der Waals surface area contributed by atoms with Gasteiger partial charge in [-0.15, -0.1) is 0 Å². The lowest BCUT2D eigenvalue weighted by Gasteiger charge is -2.32. The third-order valence-electron chi connectivity index (χ3n) is 2.92. The highest BCUT2D eigenvalue weighted by molar-refractivity contribution is 5.91. The molecule has 4 nitrogen and oxygen atoms in total. The average molecular weight is 214 g/mol. The molecule has 0 aromatic rings. The quantitative estimate of drug-likeness (QED) is 0.713. The van der Waals surface area contributed by atoms with Gasteiger partial charge in [-0.3, -0.25) is 4.79 Å². The maximum absolute atomic E-state index is 11.6. The van der Waals surface area contributed by atoms with E-state index >= 15 is 0 Å². The molecular formula is C11H18O4. The molecule has 15 heavy (non-hydrogen) atoms. The number of rotatable bonds is 3. The minimum Gasteiger partial charge on any atom is -0.464 e. The largest absolute Gasteiger partial charge is 0.464 e. The van der Waals surface area contributed by atoms with Crippen molar-refractivity contribution in [2.24, 2.45) is 5.92 Å². The Labute approximate surface area is 89.6 Å². The molecule has 86 valence electrons. The lowest BCUT2D eigenvalue weighted by molar-refractivity contribution is -0.172. The zero-order chi connectivity index (χ0) is 11.5. The molecule has 1 rings (SSSR count). The Kier molecular flexibility index (Phi) is 3.85. The normalized spacial score (nSPS) is 25.8. The van der Waals surface area contributed by atoms with Gasteiger partial charge in [0.15, 0.2) is 5.60 Å². The monoisotopic (exact) mass is 214 g/mol. The molecule has 1 aliphatic rings. The Balaban J connectivity index is 2.74. The van der Waals surface area contributed by atoms with E-state index in [1.165, 1.54) is 6.92 Å². The van der Waals surface area contributed by atoms with Crippen molar-refractivity contribution in [3.63, 3.8) is 0 Å². The lowest BCUT2D eigenvalue weighted by Crippen LogP contribution is -2.48. The summed E-state index contributed by atoms with van der Waals surface area (Å²) in [6.45, 7) is 3.27. The summed E-state index contributed by atoms with van der Waals surface area (Å²) in [5.41, 5.74) is -1.66. The summed E-state index contributed by atoms with van der Waals surface area (Å²) in [5.74, 6) is -1.31. The number of hydrogen-bond acceptors (Lipinski definition) is 4. The van der Waals surface area contributed by atoms with Crippen LogP contribution in [0.5, 0.6) is 0 Å². The fourth-order valence-electron chi connectivity index (χ4n) is 2.00. The van der Waals surface area contributed by atoms with Crippen LogP contribution in [0.3, 0.4) is 0 Å². The molecule has 1 saturated carbocycles. The lowest BCUT2D eigenvalue weighted by atomic mass is 9.77. The summed E-state index contributed by atoms with van der Waals surface area (Å²) in [4.78, 5) is 23.1. The van der Waals surface area contributed by atoms with Crippen LogP contribution in [0.1, 0.15) is 39.5 Å². The number of ether oxygens (including phenoxy) is 1. The van der Waals surface area contributed by atoms with Crippen molar-refractivity contribution in [3.05, 3.63) is 0 Å². The molecule has 4 heteroatoms. The first-order valence-corrected chi connectivity index (χ1v) is 5.42. The standard InChI is InChI=1S/C11H18O4/c1-3-15-10(13)11(2,14)8-6-4-5-7-9(8)12/h8,14H,3-7H2,1-2H3. The molecule has 0 heterocycles. The van der Waals surface area contributed by atoms with E-state index in [0.717, 1.165) is 12.8 Å². The van der Waals surface area contributed by atoms with Crippen LogP contribution in [-0.2, 0) is 14.3 Å². The number of carbonyl (C=O) groups excluding carboxylic acids is 2.